The number of hydrogen-bond donors (Lipinski definition) is 1. The Morgan fingerprint density at radius 2 is 1.92 bits per heavy atom. The first-order valence-electron chi connectivity index (χ1n) is 8.03. The summed E-state index contributed by atoms with van der Waals surface area (Å²) < 4.78 is 13.0. The predicted octanol–water partition coefficient (Wildman–Crippen LogP) is 3.11. The highest BCUT2D eigenvalue weighted by Crippen LogP contribution is 2.17. The Morgan fingerprint density at radius 3 is 2.48 bits per heavy atom. The molecule has 136 valence electrons. The molecule has 0 amide bonds. The van der Waals surface area contributed by atoms with Gasteiger partial charge in [0.05, 0.1) is 11.6 Å². The lowest BCUT2D eigenvalue weighted by Gasteiger charge is -2.37. The lowest BCUT2D eigenvalue weighted by atomic mass is 10.2. The smallest absolute Gasteiger partial charge is 0.194 e. The number of nitrogens with one attached hydrogen (secondary N) is 1. The average Bonchev–Trinajstić information content (AvgIpc) is 3.02. The molecule has 1 aliphatic heterocycles. The van der Waals surface area contributed by atoms with E-state index in [0.717, 1.165) is 49.4 Å². The van der Waals surface area contributed by atoms with E-state index < -0.39 is 0 Å². The van der Waals surface area contributed by atoms with Crippen LogP contribution in [0.3, 0.4) is 0 Å². The second-order valence-electron chi connectivity index (χ2n) is 5.70. The number of guanidine groups is 1. The standard InChI is InChI=1S/C17H22FN5S.HI/c1-13-20-11-16(24-13)12-21-17(19-2)23-9-7-22(8-10-23)15-5-3-14(18)4-6-15;/h3-6,11H,7-10,12H2,1-2H3,(H,19,21);1H. The van der Waals surface area contributed by atoms with Crippen LogP contribution in [0.2, 0.25) is 0 Å². The van der Waals surface area contributed by atoms with E-state index in [0.29, 0.717) is 0 Å². The van der Waals surface area contributed by atoms with Gasteiger partial charge in [-0.2, -0.15) is 0 Å². The summed E-state index contributed by atoms with van der Waals surface area (Å²) in [6.45, 7) is 6.32. The zero-order valence-corrected chi connectivity index (χ0v) is 17.6. The van der Waals surface area contributed by atoms with Gasteiger partial charge in [-0.3, -0.25) is 4.99 Å². The van der Waals surface area contributed by atoms with Crippen LogP contribution in [0.15, 0.2) is 35.5 Å². The Balaban J connectivity index is 0.00000225. The number of rotatable bonds is 3. The Bertz CT molecular complexity index is 695. The minimum atomic E-state index is -0.194. The van der Waals surface area contributed by atoms with Crippen LogP contribution in [0.25, 0.3) is 0 Å². The van der Waals surface area contributed by atoms with Gasteiger partial charge >= 0.3 is 0 Å². The largest absolute Gasteiger partial charge is 0.368 e. The SMILES string of the molecule is CN=C(NCc1cnc(C)s1)N1CCN(c2ccc(F)cc2)CC1.I. The van der Waals surface area contributed by atoms with Crippen molar-refractivity contribution in [1.29, 1.82) is 0 Å². The van der Waals surface area contributed by atoms with Crippen molar-refractivity contribution in [2.45, 2.75) is 13.5 Å². The van der Waals surface area contributed by atoms with Crippen LogP contribution in [0.1, 0.15) is 9.88 Å². The van der Waals surface area contributed by atoms with Crippen LogP contribution in [-0.4, -0.2) is 49.1 Å². The van der Waals surface area contributed by atoms with Crippen molar-refractivity contribution in [2.75, 3.05) is 38.1 Å². The number of benzene rings is 1. The summed E-state index contributed by atoms with van der Waals surface area (Å²) in [7, 11) is 1.81. The van der Waals surface area contributed by atoms with Gasteiger partial charge in [-0.25, -0.2) is 9.37 Å². The Morgan fingerprint density at radius 1 is 1.24 bits per heavy atom. The zero-order chi connectivity index (χ0) is 16.9. The maximum absolute atomic E-state index is 13.0. The van der Waals surface area contributed by atoms with E-state index in [1.165, 1.54) is 17.0 Å². The number of hydrogen-bond acceptors (Lipinski definition) is 4. The number of nitrogens with zero attached hydrogens (tertiary/aromatic N) is 4. The molecule has 5 nitrogen and oxygen atoms in total. The summed E-state index contributed by atoms with van der Waals surface area (Å²) in [5.74, 6) is 0.722. The van der Waals surface area contributed by atoms with Crippen LogP contribution in [-0.2, 0) is 6.54 Å². The third kappa shape index (κ3) is 5.27. The topological polar surface area (TPSA) is 43.8 Å². The van der Waals surface area contributed by atoms with Crippen molar-refractivity contribution >= 4 is 47.0 Å². The second-order valence-corrected chi connectivity index (χ2v) is 7.02. The number of aliphatic imine (C=N–C) groups is 1. The van der Waals surface area contributed by atoms with E-state index in [4.69, 9.17) is 0 Å². The fraction of sp³-hybridized carbons (Fsp3) is 0.412. The molecule has 3 rings (SSSR count). The van der Waals surface area contributed by atoms with Gasteiger partial charge in [-0.05, 0) is 31.2 Å². The van der Waals surface area contributed by atoms with Gasteiger partial charge in [0.15, 0.2) is 5.96 Å². The Kier molecular flexibility index (Phi) is 7.42. The first-order chi connectivity index (χ1) is 11.7. The van der Waals surface area contributed by atoms with Crippen molar-refractivity contribution in [2.24, 2.45) is 4.99 Å². The van der Waals surface area contributed by atoms with Crippen molar-refractivity contribution in [1.82, 2.24) is 15.2 Å². The molecule has 2 aromatic rings. The molecule has 1 aliphatic rings. The quantitative estimate of drug-likeness (QED) is 0.421. The first-order valence-corrected chi connectivity index (χ1v) is 8.85. The third-order valence-electron chi connectivity index (χ3n) is 4.07. The van der Waals surface area contributed by atoms with Gasteiger partial charge < -0.3 is 15.1 Å². The molecule has 0 bridgehead atoms. The number of piperazine rings is 1. The van der Waals surface area contributed by atoms with E-state index >= 15 is 0 Å². The van der Waals surface area contributed by atoms with Gasteiger partial charge in [-0.1, -0.05) is 0 Å². The first kappa shape index (κ1) is 19.9. The van der Waals surface area contributed by atoms with E-state index in [1.807, 2.05) is 32.3 Å². The molecule has 1 aromatic carbocycles. The van der Waals surface area contributed by atoms with E-state index in [-0.39, 0.29) is 29.8 Å². The molecule has 0 spiro atoms. The van der Waals surface area contributed by atoms with E-state index in [2.05, 4.69) is 25.1 Å². The summed E-state index contributed by atoms with van der Waals surface area (Å²) in [5, 5.41) is 4.49. The molecule has 25 heavy (non-hydrogen) atoms. The molecular weight excluding hydrogens is 452 g/mol. The van der Waals surface area contributed by atoms with E-state index in [1.54, 1.807) is 11.3 Å². The molecule has 0 radical (unpaired) electrons. The van der Waals surface area contributed by atoms with Crippen LogP contribution >= 0.6 is 35.3 Å². The highest BCUT2D eigenvalue weighted by Gasteiger charge is 2.19. The minimum absolute atomic E-state index is 0. The molecule has 8 heteroatoms. The summed E-state index contributed by atoms with van der Waals surface area (Å²) in [5.41, 5.74) is 1.07. The molecule has 0 aliphatic carbocycles. The van der Waals surface area contributed by atoms with Crippen LogP contribution < -0.4 is 10.2 Å². The summed E-state index contributed by atoms with van der Waals surface area (Å²) in [6.07, 6.45) is 1.91. The molecule has 0 saturated carbocycles. The maximum Gasteiger partial charge on any atom is 0.194 e. The van der Waals surface area contributed by atoms with Gasteiger partial charge in [0, 0.05) is 50.0 Å². The van der Waals surface area contributed by atoms with Crippen LogP contribution in [0, 0.1) is 12.7 Å². The monoisotopic (exact) mass is 475 g/mol. The Labute approximate surface area is 169 Å². The molecular formula is C17H23FIN5S. The molecule has 1 saturated heterocycles. The molecule has 0 unspecified atom stereocenters. The van der Waals surface area contributed by atoms with Crippen molar-refractivity contribution < 1.29 is 4.39 Å². The van der Waals surface area contributed by atoms with Crippen molar-refractivity contribution in [3.8, 4) is 0 Å². The minimum Gasteiger partial charge on any atom is -0.368 e. The van der Waals surface area contributed by atoms with Gasteiger partial charge in [-0.15, -0.1) is 35.3 Å². The molecule has 0 atom stereocenters. The summed E-state index contributed by atoms with van der Waals surface area (Å²) >= 11 is 1.70. The zero-order valence-electron chi connectivity index (χ0n) is 14.4. The number of halogens is 2. The number of anilines is 1. The van der Waals surface area contributed by atoms with Crippen molar-refractivity contribution in [3.05, 3.63) is 46.2 Å². The van der Waals surface area contributed by atoms with Crippen LogP contribution in [0.5, 0.6) is 0 Å². The predicted molar refractivity (Wildman–Crippen MR) is 113 cm³/mol. The second kappa shape index (κ2) is 9.33. The molecule has 1 aromatic heterocycles. The fourth-order valence-electron chi connectivity index (χ4n) is 2.81. The van der Waals surface area contributed by atoms with Gasteiger partial charge in [0.25, 0.3) is 0 Å². The van der Waals surface area contributed by atoms with Crippen LogP contribution in [0.4, 0.5) is 10.1 Å². The Hall–Kier alpha value is -1.42. The normalized spacial score (nSPS) is 15.1. The van der Waals surface area contributed by atoms with Crippen molar-refractivity contribution in [3.63, 3.8) is 0 Å². The van der Waals surface area contributed by atoms with Gasteiger partial charge in [0.1, 0.15) is 5.82 Å². The maximum atomic E-state index is 13.0. The fourth-order valence-corrected chi connectivity index (χ4v) is 3.55. The summed E-state index contributed by atoms with van der Waals surface area (Å²) in [6, 6.07) is 6.70. The number of aromatic nitrogens is 1. The summed E-state index contributed by atoms with van der Waals surface area (Å²) in [4.78, 5) is 14.4. The molecule has 2 heterocycles. The van der Waals surface area contributed by atoms with E-state index in [9.17, 15) is 4.39 Å². The lowest BCUT2D eigenvalue weighted by Crippen LogP contribution is -2.52. The lowest BCUT2D eigenvalue weighted by molar-refractivity contribution is 0.372. The highest BCUT2D eigenvalue weighted by molar-refractivity contribution is 14.0. The number of aryl methyl sites for hydroxylation is 1. The third-order valence-corrected chi connectivity index (χ3v) is 4.99. The molecule has 1 fully saturated rings. The average molecular weight is 475 g/mol. The highest BCUT2D eigenvalue weighted by atomic mass is 127. The van der Waals surface area contributed by atoms with Gasteiger partial charge in [0.2, 0.25) is 0 Å². The molecule has 1 N–H and O–H groups in total. The number of thiazole rings is 1.